The second kappa shape index (κ2) is 7.35. The van der Waals surface area contributed by atoms with E-state index in [1.54, 1.807) is 11.3 Å². The van der Waals surface area contributed by atoms with Gasteiger partial charge in [-0.05, 0) is 36.4 Å². The number of benzene rings is 2. The molecule has 0 saturated heterocycles. The summed E-state index contributed by atoms with van der Waals surface area (Å²) in [4.78, 5) is 16.5. The molecule has 124 valence electrons. The van der Waals surface area contributed by atoms with Gasteiger partial charge in [-0.15, -0.1) is 11.3 Å². The zero-order valence-electron chi connectivity index (χ0n) is 12.5. The lowest BCUT2D eigenvalue weighted by molar-refractivity contribution is -0.116. The van der Waals surface area contributed by atoms with E-state index in [2.05, 4.69) is 15.0 Å². The Kier molecular flexibility index (Phi) is 5.00. The summed E-state index contributed by atoms with van der Waals surface area (Å²) in [6.07, 6.45) is 0.854. The van der Waals surface area contributed by atoms with Crippen molar-refractivity contribution < 1.29 is 18.3 Å². The van der Waals surface area contributed by atoms with Crippen molar-refractivity contribution in [2.75, 3.05) is 5.32 Å². The lowest BCUT2D eigenvalue weighted by Crippen LogP contribution is -2.12. The van der Waals surface area contributed by atoms with Crippen LogP contribution in [0.1, 0.15) is 11.4 Å². The van der Waals surface area contributed by atoms with Crippen LogP contribution in [0.3, 0.4) is 0 Å². The van der Waals surface area contributed by atoms with E-state index in [-0.39, 0.29) is 11.7 Å². The number of fused-ring (bicyclic) bond motifs is 1. The van der Waals surface area contributed by atoms with Gasteiger partial charge in [0.2, 0.25) is 5.91 Å². The normalized spacial score (nSPS) is 11.0. The van der Waals surface area contributed by atoms with Crippen molar-refractivity contribution in [1.82, 2.24) is 4.98 Å². The minimum atomic E-state index is -2.86. The summed E-state index contributed by atoms with van der Waals surface area (Å²) in [7, 11) is 0. The van der Waals surface area contributed by atoms with Crippen LogP contribution >= 0.6 is 11.3 Å². The Morgan fingerprint density at radius 3 is 2.62 bits per heavy atom. The van der Waals surface area contributed by atoms with Crippen LogP contribution in [-0.4, -0.2) is 17.5 Å². The zero-order valence-corrected chi connectivity index (χ0v) is 13.4. The Balaban J connectivity index is 1.53. The number of carbonyl (C=O) groups excluding carboxylic acids is 1. The highest BCUT2D eigenvalue weighted by Crippen LogP contribution is 2.23. The van der Waals surface area contributed by atoms with Gasteiger partial charge in [0, 0.05) is 18.5 Å². The van der Waals surface area contributed by atoms with E-state index in [1.807, 2.05) is 24.3 Å². The molecule has 1 N–H and O–H groups in total. The third kappa shape index (κ3) is 4.26. The van der Waals surface area contributed by atoms with Crippen LogP contribution < -0.4 is 10.1 Å². The average Bonchev–Trinajstić information content (AvgIpc) is 2.97. The number of halogens is 2. The van der Waals surface area contributed by atoms with Crippen molar-refractivity contribution >= 4 is 33.1 Å². The monoisotopic (exact) mass is 348 g/mol. The van der Waals surface area contributed by atoms with Crippen LogP contribution in [0, 0.1) is 0 Å². The number of aryl methyl sites for hydroxylation is 1. The van der Waals surface area contributed by atoms with Crippen molar-refractivity contribution in [3.63, 3.8) is 0 Å². The predicted octanol–water partition coefficient (Wildman–Crippen LogP) is 4.47. The van der Waals surface area contributed by atoms with Crippen molar-refractivity contribution in [3.05, 3.63) is 53.5 Å². The van der Waals surface area contributed by atoms with Gasteiger partial charge in [0.25, 0.3) is 0 Å². The number of carbonyl (C=O) groups is 1. The molecule has 3 rings (SSSR count). The fourth-order valence-electron chi connectivity index (χ4n) is 2.19. The molecule has 7 heteroatoms. The highest BCUT2D eigenvalue weighted by Gasteiger charge is 2.08. The molecule has 4 nitrogen and oxygen atoms in total. The van der Waals surface area contributed by atoms with Crippen molar-refractivity contribution in [3.8, 4) is 5.75 Å². The maximum Gasteiger partial charge on any atom is 0.387 e. The molecule has 0 spiro atoms. The highest BCUT2D eigenvalue weighted by molar-refractivity contribution is 7.18. The Morgan fingerprint density at radius 1 is 1.17 bits per heavy atom. The van der Waals surface area contributed by atoms with E-state index >= 15 is 0 Å². The SMILES string of the molecule is O=C(CCc1nc2ccccc2s1)Nc1ccc(OC(F)F)cc1. The second-order valence-corrected chi connectivity index (χ2v) is 6.14. The standard InChI is InChI=1S/C17H14F2N2O2S/c18-17(19)23-12-7-5-11(6-8-12)20-15(22)9-10-16-21-13-3-1-2-4-14(13)24-16/h1-8,17H,9-10H2,(H,20,22). The summed E-state index contributed by atoms with van der Waals surface area (Å²) < 4.78 is 29.5. The van der Waals surface area contributed by atoms with Crippen LogP contribution in [0.2, 0.25) is 0 Å². The van der Waals surface area contributed by atoms with E-state index in [1.165, 1.54) is 24.3 Å². The molecule has 0 atom stereocenters. The quantitative estimate of drug-likeness (QED) is 0.715. The first-order valence-electron chi connectivity index (χ1n) is 7.29. The third-order valence-corrected chi connectivity index (χ3v) is 4.36. The summed E-state index contributed by atoms with van der Waals surface area (Å²) in [6.45, 7) is -2.86. The number of rotatable bonds is 6. The molecule has 0 unspecified atom stereocenters. The first kappa shape index (κ1) is 16.3. The lowest BCUT2D eigenvalue weighted by Gasteiger charge is -2.07. The molecule has 0 aliphatic heterocycles. The molecule has 0 bridgehead atoms. The lowest BCUT2D eigenvalue weighted by atomic mass is 10.2. The Hall–Kier alpha value is -2.54. The molecule has 24 heavy (non-hydrogen) atoms. The number of para-hydroxylation sites is 1. The van der Waals surface area contributed by atoms with E-state index in [4.69, 9.17) is 0 Å². The number of ether oxygens (including phenoxy) is 1. The Labute approximate surface area is 141 Å². The van der Waals surface area contributed by atoms with Gasteiger partial charge >= 0.3 is 6.61 Å². The second-order valence-electron chi connectivity index (χ2n) is 5.03. The van der Waals surface area contributed by atoms with Crippen molar-refractivity contribution in [2.24, 2.45) is 0 Å². The van der Waals surface area contributed by atoms with E-state index in [9.17, 15) is 13.6 Å². The Morgan fingerprint density at radius 2 is 1.92 bits per heavy atom. The molecule has 0 fully saturated rings. The summed E-state index contributed by atoms with van der Waals surface area (Å²) in [6, 6.07) is 13.6. The van der Waals surface area contributed by atoms with Gasteiger partial charge in [-0.3, -0.25) is 4.79 Å². The number of aromatic nitrogens is 1. The first-order valence-corrected chi connectivity index (χ1v) is 8.11. The number of thiazole rings is 1. The Bertz CT molecular complexity index is 801. The molecule has 0 radical (unpaired) electrons. The number of amides is 1. The van der Waals surface area contributed by atoms with E-state index in [0.717, 1.165) is 15.2 Å². The van der Waals surface area contributed by atoms with Gasteiger partial charge in [0.05, 0.1) is 15.2 Å². The minimum Gasteiger partial charge on any atom is -0.435 e. The van der Waals surface area contributed by atoms with Crippen molar-refractivity contribution in [1.29, 1.82) is 0 Å². The molecule has 1 aromatic heterocycles. The largest absolute Gasteiger partial charge is 0.435 e. The minimum absolute atomic E-state index is 0.0532. The van der Waals surface area contributed by atoms with E-state index in [0.29, 0.717) is 18.5 Å². The van der Waals surface area contributed by atoms with Crippen LogP contribution in [0.4, 0.5) is 14.5 Å². The predicted molar refractivity (Wildman–Crippen MR) is 89.6 cm³/mol. The van der Waals surface area contributed by atoms with Crippen LogP contribution in [0.15, 0.2) is 48.5 Å². The molecule has 0 aliphatic rings. The van der Waals surface area contributed by atoms with Crippen LogP contribution in [-0.2, 0) is 11.2 Å². The van der Waals surface area contributed by atoms with Gasteiger partial charge in [-0.2, -0.15) is 8.78 Å². The van der Waals surface area contributed by atoms with Gasteiger partial charge in [-0.1, -0.05) is 12.1 Å². The summed E-state index contributed by atoms with van der Waals surface area (Å²) in [5, 5.41) is 3.63. The number of anilines is 1. The van der Waals surface area contributed by atoms with Gasteiger partial charge in [0.1, 0.15) is 5.75 Å². The molecule has 1 heterocycles. The highest BCUT2D eigenvalue weighted by atomic mass is 32.1. The molecule has 0 aliphatic carbocycles. The molecular formula is C17H14F2N2O2S. The smallest absolute Gasteiger partial charge is 0.387 e. The fraction of sp³-hybridized carbons (Fsp3) is 0.176. The molecule has 1 amide bonds. The van der Waals surface area contributed by atoms with E-state index < -0.39 is 6.61 Å². The maximum absolute atomic E-state index is 12.1. The molecule has 3 aromatic rings. The zero-order chi connectivity index (χ0) is 16.9. The number of nitrogens with one attached hydrogen (secondary N) is 1. The van der Waals surface area contributed by atoms with Crippen LogP contribution in [0.25, 0.3) is 10.2 Å². The first-order chi connectivity index (χ1) is 11.6. The fourth-order valence-corrected chi connectivity index (χ4v) is 3.16. The van der Waals surface area contributed by atoms with Gasteiger partial charge in [0.15, 0.2) is 0 Å². The third-order valence-electron chi connectivity index (χ3n) is 3.27. The molecule has 0 saturated carbocycles. The number of alkyl halides is 2. The summed E-state index contributed by atoms with van der Waals surface area (Å²) in [5.74, 6) is -0.103. The summed E-state index contributed by atoms with van der Waals surface area (Å²) in [5.41, 5.74) is 1.47. The van der Waals surface area contributed by atoms with Gasteiger partial charge in [-0.25, -0.2) is 4.98 Å². The maximum atomic E-state index is 12.1. The number of hydrogen-bond donors (Lipinski definition) is 1. The van der Waals surface area contributed by atoms with Crippen molar-refractivity contribution in [2.45, 2.75) is 19.5 Å². The van der Waals surface area contributed by atoms with Gasteiger partial charge < -0.3 is 10.1 Å². The average molecular weight is 348 g/mol. The molecule has 2 aromatic carbocycles. The number of hydrogen-bond acceptors (Lipinski definition) is 4. The molecular weight excluding hydrogens is 334 g/mol. The topological polar surface area (TPSA) is 51.2 Å². The van der Waals surface area contributed by atoms with Crippen LogP contribution in [0.5, 0.6) is 5.75 Å². The summed E-state index contributed by atoms with van der Waals surface area (Å²) >= 11 is 1.57. The number of nitrogens with zero attached hydrogens (tertiary/aromatic N) is 1.